The molecule has 0 aromatic heterocycles. The van der Waals surface area contributed by atoms with Crippen LogP contribution in [0.1, 0.15) is 44.1 Å². The van der Waals surface area contributed by atoms with Gasteiger partial charge in [0, 0.05) is 17.5 Å². The molecule has 2 N–H and O–H groups in total. The van der Waals surface area contributed by atoms with Crippen LogP contribution < -0.4 is 5.73 Å². The lowest BCUT2D eigenvalue weighted by Gasteiger charge is -2.25. The van der Waals surface area contributed by atoms with E-state index in [-0.39, 0.29) is 5.41 Å². The van der Waals surface area contributed by atoms with E-state index in [1.165, 1.54) is 11.1 Å². The van der Waals surface area contributed by atoms with Crippen LogP contribution in [0.15, 0.2) is 24.3 Å². The maximum atomic E-state index is 5.52. The Labute approximate surface area is 113 Å². The Morgan fingerprint density at radius 2 is 1.88 bits per heavy atom. The molecule has 1 atom stereocenters. The van der Waals surface area contributed by atoms with Crippen molar-refractivity contribution >= 4 is 21.6 Å². The van der Waals surface area contributed by atoms with Crippen LogP contribution in [0.25, 0.3) is 0 Å². The predicted octanol–water partition coefficient (Wildman–Crippen LogP) is 4.39. The van der Waals surface area contributed by atoms with Crippen molar-refractivity contribution in [2.75, 3.05) is 12.3 Å². The lowest BCUT2D eigenvalue weighted by molar-refractivity contribution is 0.583. The summed E-state index contributed by atoms with van der Waals surface area (Å²) in [7, 11) is 3.79. The highest BCUT2D eigenvalue weighted by Crippen LogP contribution is 2.41. The van der Waals surface area contributed by atoms with Gasteiger partial charge in [0.05, 0.1) is 0 Å². The molecule has 0 bridgehead atoms. The summed E-state index contributed by atoms with van der Waals surface area (Å²) in [5.74, 6) is 1.02. The van der Waals surface area contributed by atoms with Crippen molar-refractivity contribution in [3.8, 4) is 0 Å². The number of hydrogen-bond donors (Lipinski definition) is 1. The summed E-state index contributed by atoms with van der Waals surface area (Å²) < 4.78 is 0. The van der Waals surface area contributed by atoms with Crippen molar-refractivity contribution in [1.29, 1.82) is 0 Å². The first-order valence-corrected chi connectivity index (χ1v) is 8.42. The molecule has 0 saturated carbocycles. The highest BCUT2D eigenvalue weighted by Gasteiger charge is 2.20. The Bertz CT molecular complexity index is 344. The first-order valence-electron chi connectivity index (χ1n) is 6.04. The topological polar surface area (TPSA) is 26.0 Å². The fraction of sp³-hybridized carbons (Fsp3) is 0.571. The van der Waals surface area contributed by atoms with E-state index in [0.29, 0.717) is 5.25 Å². The predicted molar refractivity (Wildman–Crippen MR) is 82.7 cm³/mol. The molecule has 3 heteroatoms. The van der Waals surface area contributed by atoms with Crippen LogP contribution in [0.4, 0.5) is 0 Å². The van der Waals surface area contributed by atoms with Crippen LogP contribution in [0.3, 0.4) is 0 Å². The molecule has 0 spiro atoms. The Morgan fingerprint density at radius 3 is 2.47 bits per heavy atom. The summed E-state index contributed by atoms with van der Waals surface area (Å²) in [5.41, 5.74) is 8.64. The number of benzene rings is 1. The van der Waals surface area contributed by atoms with Crippen molar-refractivity contribution < 1.29 is 0 Å². The SMILES string of the molecule is CC(SSCCN)c1ccccc1C(C)(C)C. The third-order valence-corrected chi connectivity index (χ3v) is 5.48. The molecule has 0 aliphatic rings. The van der Waals surface area contributed by atoms with Gasteiger partial charge < -0.3 is 5.73 Å². The van der Waals surface area contributed by atoms with Gasteiger partial charge >= 0.3 is 0 Å². The van der Waals surface area contributed by atoms with Crippen LogP contribution in [0.5, 0.6) is 0 Å². The maximum Gasteiger partial charge on any atom is 0.0375 e. The minimum Gasteiger partial charge on any atom is -0.330 e. The molecule has 0 aliphatic carbocycles. The van der Waals surface area contributed by atoms with Gasteiger partial charge in [0.2, 0.25) is 0 Å². The molecule has 17 heavy (non-hydrogen) atoms. The minimum absolute atomic E-state index is 0.212. The quantitative estimate of drug-likeness (QED) is 0.634. The second kappa shape index (κ2) is 6.72. The first kappa shape index (κ1) is 14.9. The van der Waals surface area contributed by atoms with E-state index < -0.39 is 0 Å². The first-order chi connectivity index (χ1) is 7.96. The van der Waals surface area contributed by atoms with E-state index >= 15 is 0 Å². The van der Waals surface area contributed by atoms with Gasteiger partial charge in [-0.05, 0) is 23.5 Å². The number of hydrogen-bond acceptors (Lipinski definition) is 3. The fourth-order valence-electron chi connectivity index (χ4n) is 1.78. The molecule has 0 radical (unpaired) electrons. The van der Waals surface area contributed by atoms with Crippen molar-refractivity contribution in [3.63, 3.8) is 0 Å². The van der Waals surface area contributed by atoms with Crippen LogP contribution in [0.2, 0.25) is 0 Å². The maximum absolute atomic E-state index is 5.52. The average molecular weight is 269 g/mol. The van der Waals surface area contributed by atoms with Crippen molar-refractivity contribution in [2.45, 2.75) is 38.4 Å². The smallest absolute Gasteiger partial charge is 0.0375 e. The molecule has 96 valence electrons. The molecule has 0 heterocycles. The highest BCUT2D eigenvalue weighted by atomic mass is 33.1. The minimum atomic E-state index is 0.212. The normalized spacial score (nSPS) is 13.7. The third kappa shape index (κ3) is 4.57. The summed E-state index contributed by atoms with van der Waals surface area (Å²) in [4.78, 5) is 0. The van der Waals surface area contributed by atoms with Gasteiger partial charge in [0.15, 0.2) is 0 Å². The van der Waals surface area contributed by atoms with Gasteiger partial charge in [-0.1, -0.05) is 66.6 Å². The average Bonchev–Trinajstić information content (AvgIpc) is 2.28. The number of nitrogens with two attached hydrogens (primary N) is 1. The third-order valence-electron chi connectivity index (χ3n) is 2.62. The highest BCUT2D eigenvalue weighted by molar-refractivity contribution is 8.76. The summed E-state index contributed by atoms with van der Waals surface area (Å²) in [6, 6.07) is 8.77. The molecule has 0 amide bonds. The fourth-order valence-corrected chi connectivity index (χ4v) is 3.99. The molecule has 0 saturated heterocycles. The summed E-state index contributed by atoms with van der Waals surface area (Å²) in [6.45, 7) is 9.85. The molecule has 1 aromatic rings. The van der Waals surface area contributed by atoms with Crippen LogP contribution in [-0.4, -0.2) is 12.3 Å². The van der Waals surface area contributed by atoms with Crippen LogP contribution in [0, 0.1) is 0 Å². The van der Waals surface area contributed by atoms with Gasteiger partial charge in [-0.2, -0.15) is 0 Å². The van der Waals surface area contributed by atoms with Crippen molar-refractivity contribution in [2.24, 2.45) is 5.73 Å². The Hall–Kier alpha value is -0.120. The zero-order valence-electron chi connectivity index (χ0n) is 11.2. The zero-order valence-corrected chi connectivity index (χ0v) is 12.8. The summed E-state index contributed by atoms with van der Waals surface area (Å²) in [5, 5.41) is 0.516. The van der Waals surface area contributed by atoms with E-state index in [0.717, 1.165) is 12.3 Å². The van der Waals surface area contributed by atoms with Crippen LogP contribution in [-0.2, 0) is 5.41 Å². The van der Waals surface area contributed by atoms with E-state index in [9.17, 15) is 0 Å². The van der Waals surface area contributed by atoms with E-state index in [2.05, 4.69) is 52.0 Å². The van der Waals surface area contributed by atoms with E-state index in [4.69, 9.17) is 5.73 Å². The molecule has 0 aliphatic heterocycles. The van der Waals surface area contributed by atoms with Gasteiger partial charge in [-0.15, -0.1) is 0 Å². The van der Waals surface area contributed by atoms with E-state index in [1.54, 1.807) is 0 Å². The van der Waals surface area contributed by atoms with Gasteiger partial charge in [0.1, 0.15) is 0 Å². The Kier molecular flexibility index (Phi) is 5.90. The molecule has 1 aromatic carbocycles. The summed E-state index contributed by atoms with van der Waals surface area (Å²) >= 11 is 0. The van der Waals surface area contributed by atoms with Gasteiger partial charge in [-0.25, -0.2) is 0 Å². The Morgan fingerprint density at radius 1 is 1.24 bits per heavy atom. The van der Waals surface area contributed by atoms with Crippen molar-refractivity contribution in [1.82, 2.24) is 0 Å². The molecular weight excluding hydrogens is 246 g/mol. The lowest BCUT2D eigenvalue weighted by atomic mass is 9.83. The monoisotopic (exact) mass is 269 g/mol. The standard InChI is InChI=1S/C14H23NS2/c1-11(17-16-10-9-15)12-7-5-6-8-13(12)14(2,3)4/h5-8,11H,9-10,15H2,1-4H3. The lowest BCUT2D eigenvalue weighted by Crippen LogP contribution is -2.14. The molecular formula is C14H23NS2. The second-order valence-corrected chi connectivity index (χ2v) is 8.01. The zero-order chi connectivity index (χ0) is 12.9. The molecule has 1 rings (SSSR count). The molecule has 1 nitrogen and oxygen atoms in total. The molecule has 1 unspecified atom stereocenters. The Balaban J connectivity index is 2.82. The van der Waals surface area contributed by atoms with Gasteiger partial charge in [-0.3, -0.25) is 0 Å². The van der Waals surface area contributed by atoms with Gasteiger partial charge in [0.25, 0.3) is 0 Å². The molecule has 0 fully saturated rings. The largest absolute Gasteiger partial charge is 0.330 e. The second-order valence-electron chi connectivity index (χ2n) is 5.19. The summed E-state index contributed by atoms with van der Waals surface area (Å²) in [6.07, 6.45) is 0. The van der Waals surface area contributed by atoms with Crippen molar-refractivity contribution in [3.05, 3.63) is 35.4 Å². The van der Waals surface area contributed by atoms with Crippen LogP contribution >= 0.6 is 21.6 Å². The number of rotatable bonds is 5. The van der Waals surface area contributed by atoms with E-state index in [1.807, 2.05) is 21.6 Å².